The van der Waals surface area contributed by atoms with Crippen LogP contribution in [0.25, 0.3) is 22.0 Å². The number of fused-ring (bicyclic) bond motifs is 1. The molecule has 1 heterocycles. The van der Waals surface area contributed by atoms with E-state index in [1.165, 1.54) is 0 Å². The van der Waals surface area contributed by atoms with Crippen LogP contribution < -0.4 is 23.7 Å². The molecule has 0 aliphatic rings. The van der Waals surface area contributed by atoms with Gasteiger partial charge in [-0.05, 0) is 42.0 Å². The number of hydrogen-bond donors (Lipinski definition) is 0. The molecule has 4 rings (SSSR count). The first-order valence-corrected chi connectivity index (χ1v) is 11.6. The maximum atomic E-state index is 5.55. The molecule has 0 aliphatic heterocycles. The summed E-state index contributed by atoms with van der Waals surface area (Å²) in [6.45, 7) is 2.67. The van der Waals surface area contributed by atoms with Crippen molar-refractivity contribution in [1.82, 2.24) is 4.68 Å². The van der Waals surface area contributed by atoms with E-state index in [1.807, 2.05) is 29.8 Å². The van der Waals surface area contributed by atoms with Crippen LogP contribution in [0.4, 0.5) is 0 Å². The van der Waals surface area contributed by atoms with Crippen LogP contribution >= 0.6 is 11.3 Å². The predicted molar refractivity (Wildman–Crippen MR) is 137 cm³/mol. The summed E-state index contributed by atoms with van der Waals surface area (Å²) in [5.74, 6) is 2.66. The molecule has 8 heteroatoms. The SMILES string of the molecule is CCN=c1scc(-c2ccc3cc(OC)ccc3c2)n1N=Cc1cc(OC)c(OC)cc1OC. The van der Waals surface area contributed by atoms with Crippen molar-refractivity contribution in [3.8, 4) is 34.3 Å². The monoisotopic (exact) mass is 477 g/mol. The predicted octanol–water partition coefficient (Wildman–Crippen LogP) is 5.21. The molecule has 34 heavy (non-hydrogen) atoms. The maximum Gasteiger partial charge on any atom is 0.206 e. The van der Waals surface area contributed by atoms with Gasteiger partial charge in [-0.1, -0.05) is 18.2 Å². The molecule has 0 radical (unpaired) electrons. The molecule has 0 N–H and O–H groups in total. The summed E-state index contributed by atoms with van der Waals surface area (Å²) < 4.78 is 23.6. The third kappa shape index (κ3) is 4.63. The Morgan fingerprint density at radius 3 is 2.24 bits per heavy atom. The number of ether oxygens (including phenoxy) is 4. The molecule has 1 aromatic heterocycles. The molecule has 0 saturated carbocycles. The van der Waals surface area contributed by atoms with Gasteiger partial charge in [0.15, 0.2) is 11.5 Å². The zero-order chi connectivity index (χ0) is 24.1. The molecule has 176 valence electrons. The van der Waals surface area contributed by atoms with Crippen molar-refractivity contribution < 1.29 is 18.9 Å². The molecule has 3 aromatic carbocycles. The fourth-order valence-corrected chi connectivity index (χ4v) is 4.54. The minimum absolute atomic E-state index is 0.592. The van der Waals surface area contributed by atoms with Gasteiger partial charge in [0, 0.05) is 29.1 Å². The molecular formula is C26H27N3O4S. The van der Waals surface area contributed by atoms with E-state index in [2.05, 4.69) is 34.6 Å². The van der Waals surface area contributed by atoms with E-state index in [4.69, 9.17) is 24.0 Å². The van der Waals surface area contributed by atoms with Gasteiger partial charge in [0.05, 0.1) is 40.3 Å². The number of methoxy groups -OCH3 is 4. The van der Waals surface area contributed by atoms with Crippen LogP contribution in [-0.2, 0) is 0 Å². The molecule has 7 nitrogen and oxygen atoms in total. The number of nitrogens with zero attached hydrogens (tertiary/aromatic N) is 3. The zero-order valence-electron chi connectivity index (χ0n) is 19.9. The number of thiazole rings is 1. The van der Waals surface area contributed by atoms with Crippen molar-refractivity contribution in [3.05, 3.63) is 64.3 Å². The largest absolute Gasteiger partial charge is 0.497 e. The lowest BCUT2D eigenvalue weighted by Crippen LogP contribution is -2.12. The minimum atomic E-state index is 0.592. The van der Waals surface area contributed by atoms with Crippen molar-refractivity contribution in [2.75, 3.05) is 35.0 Å². The van der Waals surface area contributed by atoms with Gasteiger partial charge in [0.2, 0.25) is 4.80 Å². The van der Waals surface area contributed by atoms with E-state index in [0.717, 1.165) is 38.1 Å². The highest BCUT2D eigenvalue weighted by molar-refractivity contribution is 7.07. The highest BCUT2D eigenvalue weighted by Crippen LogP contribution is 2.34. The Bertz CT molecular complexity index is 1410. The van der Waals surface area contributed by atoms with Gasteiger partial charge in [-0.3, -0.25) is 4.99 Å². The van der Waals surface area contributed by atoms with E-state index in [9.17, 15) is 0 Å². The lowest BCUT2D eigenvalue weighted by Gasteiger charge is -2.12. The summed E-state index contributed by atoms with van der Waals surface area (Å²) in [4.78, 5) is 5.44. The van der Waals surface area contributed by atoms with E-state index >= 15 is 0 Å². The molecule has 4 aromatic rings. The highest BCUT2D eigenvalue weighted by Gasteiger charge is 2.12. The second-order valence-electron chi connectivity index (χ2n) is 7.31. The third-order valence-electron chi connectivity index (χ3n) is 5.37. The van der Waals surface area contributed by atoms with Gasteiger partial charge in [0.25, 0.3) is 0 Å². The van der Waals surface area contributed by atoms with Crippen molar-refractivity contribution in [1.29, 1.82) is 0 Å². The van der Waals surface area contributed by atoms with Crippen LogP contribution in [0.15, 0.2) is 64.0 Å². The third-order valence-corrected chi connectivity index (χ3v) is 6.22. The number of rotatable bonds is 8. The second-order valence-corrected chi connectivity index (χ2v) is 8.15. The molecule has 0 aliphatic carbocycles. The fourth-order valence-electron chi connectivity index (χ4n) is 3.64. The first-order valence-electron chi connectivity index (χ1n) is 10.7. The normalized spacial score (nSPS) is 11.9. The Morgan fingerprint density at radius 1 is 0.824 bits per heavy atom. The van der Waals surface area contributed by atoms with Crippen molar-refractivity contribution >= 4 is 28.3 Å². The first-order chi connectivity index (χ1) is 16.6. The quantitative estimate of drug-likeness (QED) is 0.327. The van der Waals surface area contributed by atoms with E-state index in [-0.39, 0.29) is 0 Å². The molecule has 0 fully saturated rings. The Kier molecular flexibility index (Phi) is 7.18. The van der Waals surface area contributed by atoms with Gasteiger partial charge >= 0.3 is 0 Å². The van der Waals surface area contributed by atoms with Crippen molar-refractivity contribution in [2.24, 2.45) is 10.1 Å². The van der Waals surface area contributed by atoms with Crippen molar-refractivity contribution in [2.45, 2.75) is 6.92 Å². The maximum absolute atomic E-state index is 5.55. The van der Waals surface area contributed by atoms with Crippen LogP contribution in [0, 0.1) is 0 Å². The summed E-state index contributed by atoms with van der Waals surface area (Å²) in [6.07, 6.45) is 1.75. The topological polar surface area (TPSA) is 66.6 Å². The number of hydrogen-bond acceptors (Lipinski definition) is 7. The minimum Gasteiger partial charge on any atom is -0.497 e. The second kappa shape index (κ2) is 10.4. The summed E-state index contributed by atoms with van der Waals surface area (Å²) >= 11 is 1.55. The van der Waals surface area contributed by atoms with Gasteiger partial charge in [-0.25, -0.2) is 4.68 Å². The molecule has 0 amide bonds. The van der Waals surface area contributed by atoms with Crippen LogP contribution in [-0.4, -0.2) is 45.9 Å². The standard InChI is InChI=1S/C26H27N3O4S/c1-6-27-26-29(28-15-20-13-24(32-4)25(33-5)14-23(20)31-3)22(16-34-26)19-8-7-18-12-21(30-2)10-9-17(18)11-19/h7-16H,6H2,1-5H3. The average Bonchev–Trinajstić information content (AvgIpc) is 3.28. The van der Waals surface area contributed by atoms with Crippen LogP contribution in [0.3, 0.4) is 0 Å². The van der Waals surface area contributed by atoms with Crippen LogP contribution in [0.2, 0.25) is 0 Å². The molecule has 0 bridgehead atoms. The van der Waals surface area contributed by atoms with E-state index in [1.54, 1.807) is 52.1 Å². The Hall–Kier alpha value is -3.78. The number of aromatic nitrogens is 1. The molecule has 0 spiro atoms. The molecule has 0 atom stereocenters. The summed E-state index contributed by atoms with van der Waals surface area (Å²) in [5.41, 5.74) is 2.76. The summed E-state index contributed by atoms with van der Waals surface area (Å²) in [6, 6.07) is 16.0. The lowest BCUT2D eigenvalue weighted by molar-refractivity contribution is 0.349. The average molecular weight is 478 g/mol. The van der Waals surface area contributed by atoms with E-state index in [0.29, 0.717) is 23.8 Å². The Labute approximate surface area is 202 Å². The Balaban J connectivity index is 1.81. The zero-order valence-corrected chi connectivity index (χ0v) is 20.7. The Morgan fingerprint density at radius 2 is 1.53 bits per heavy atom. The smallest absolute Gasteiger partial charge is 0.206 e. The van der Waals surface area contributed by atoms with Gasteiger partial charge in [-0.2, -0.15) is 5.10 Å². The lowest BCUT2D eigenvalue weighted by atomic mass is 10.1. The van der Waals surface area contributed by atoms with Crippen molar-refractivity contribution in [3.63, 3.8) is 0 Å². The first kappa shape index (κ1) is 23.4. The molecular weight excluding hydrogens is 450 g/mol. The summed E-state index contributed by atoms with van der Waals surface area (Å²) in [5, 5.41) is 9.10. The highest BCUT2D eigenvalue weighted by atomic mass is 32.1. The fraction of sp³-hybridized carbons (Fsp3) is 0.231. The van der Waals surface area contributed by atoms with Crippen LogP contribution in [0.5, 0.6) is 23.0 Å². The van der Waals surface area contributed by atoms with Gasteiger partial charge in [-0.15, -0.1) is 11.3 Å². The molecule has 0 saturated heterocycles. The molecule has 0 unspecified atom stereocenters. The van der Waals surface area contributed by atoms with Crippen LogP contribution in [0.1, 0.15) is 12.5 Å². The number of benzene rings is 3. The van der Waals surface area contributed by atoms with Gasteiger partial charge < -0.3 is 18.9 Å². The summed E-state index contributed by atoms with van der Waals surface area (Å²) in [7, 11) is 6.49. The van der Waals surface area contributed by atoms with E-state index < -0.39 is 0 Å². The van der Waals surface area contributed by atoms with Gasteiger partial charge in [0.1, 0.15) is 11.5 Å².